The average molecular weight is 330 g/mol. The van der Waals surface area contributed by atoms with Crippen LogP contribution in [0.1, 0.15) is 51.2 Å². The molecule has 1 heterocycles. The summed E-state index contributed by atoms with van der Waals surface area (Å²) in [5.74, 6) is 0. The van der Waals surface area contributed by atoms with Crippen LogP contribution in [0, 0.1) is 13.8 Å². The normalized spacial score (nSPS) is 11.6. The molecule has 0 atom stereocenters. The van der Waals surface area contributed by atoms with Crippen LogP contribution in [0.5, 0.6) is 0 Å². The monoisotopic (exact) mass is 331 g/mol. The molecule has 3 heteroatoms. The fraction of sp³-hybridized carbons (Fsp3) is 0.471. The van der Waals surface area contributed by atoms with Crippen LogP contribution in [0.2, 0.25) is 0 Å². The summed E-state index contributed by atoms with van der Waals surface area (Å²) < 4.78 is 8.13. The van der Waals surface area contributed by atoms with E-state index in [-0.39, 0.29) is 15.4 Å². The van der Waals surface area contributed by atoms with Crippen LogP contribution in [-0.2, 0) is 0 Å². The molecule has 0 aliphatic rings. The predicted octanol–water partition coefficient (Wildman–Crippen LogP) is 2.21. The standard InChI is InChI=1S/C17H25GeN2/c1-12(2)19-14(5)15(6)20(13(3)4)17(19)18-16-10-8-7-9-11-16/h7-13H,1-6H3/q+1. The van der Waals surface area contributed by atoms with Crippen molar-refractivity contribution in [3.05, 3.63) is 41.7 Å². The molecule has 0 aliphatic heterocycles. The Balaban J connectivity index is 2.57. The van der Waals surface area contributed by atoms with Crippen molar-refractivity contribution in [2.45, 2.75) is 53.6 Å². The van der Waals surface area contributed by atoms with Crippen molar-refractivity contribution in [1.82, 2.24) is 4.57 Å². The van der Waals surface area contributed by atoms with E-state index >= 15 is 0 Å². The van der Waals surface area contributed by atoms with Crippen LogP contribution in [0.25, 0.3) is 0 Å². The summed E-state index contributed by atoms with van der Waals surface area (Å²) in [6.45, 7) is 13.7. The van der Waals surface area contributed by atoms with Crippen LogP contribution in [0.3, 0.4) is 0 Å². The molecule has 2 aromatic rings. The SMILES string of the molecule is Cc1c(C)[n+](C(C)C)[c]([Ge][c]2ccccc2)n1C(C)C. The van der Waals surface area contributed by atoms with Crippen LogP contribution in [0.15, 0.2) is 30.3 Å². The summed E-state index contributed by atoms with van der Waals surface area (Å²) in [5, 5.41) is 0. The third-order valence-corrected chi connectivity index (χ3v) is 6.55. The number of rotatable bonds is 4. The Morgan fingerprint density at radius 1 is 1.00 bits per heavy atom. The molecule has 0 unspecified atom stereocenters. The number of benzene rings is 1. The second-order valence-corrected chi connectivity index (χ2v) is 8.59. The topological polar surface area (TPSA) is 8.81 Å². The van der Waals surface area contributed by atoms with Gasteiger partial charge in [-0.3, -0.25) is 0 Å². The maximum atomic E-state index is 2.54. The van der Waals surface area contributed by atoms with Crippen molar-refractivity contribution < 1.29 is 4.57 Å². The van der Waals surface area contributed by atoms with Gasteiger partial charge in [0.2, 0.25) is 0 Å². The Bertz CT molecular complexity index is 551. The van der Waals surface area contributed by atoms with Crippen molar-refractivity contribution in [3.8, 4) is 0 Å². The molecule has 1 aromatic carbocycles. The third kappa shape index (κ3) is 2.85. The Labute approximate surface area is 129 Å². The first kappa shape index (κ1) is 15.4. The zero-order valence-corrected chi connectivity index (χ0v) is 15.5. The zero-order chi connectivity index (χ0) is 14.9. The number of hydrogen-bond acceptors (Lipinski definition) is 0. The summed E-state index contributed by atoms with van der Waals surface area (Å²) in [7, 11) is 0. The van der Waals surface area contributed by atoms with E-state index in [0.717, 1.165) is 0 Å². The predicted molar refractivity (Wildman–Crippen MR) is 86.3 cm³/mol. The van der Waals surface area contributed by atoms with Gasteiger partial charge in [0.05, 0.1) is 0 Å². The molecular formula is C17H25GeN2+. The van der Waals surface area contributed by atoms with E-state index in [1.54, 1.807) is 0 Å². The van der Waals surface area contributed by atoms with Crippen molar-refractivity contribution in [2.75, 3.05) is 0 Å². The van der Waals surface area contributed by atoms with Gasteiger partial charge in [-0.05, 0) is 0 Å². The molecule has 2 rings (SSSR count). The van der Waals surface area contributed by atoms with Crippen molar-refractivity contribution in [3.63, 3.8) is 0 Å². The molecule has 0 saturated carbocycles. The molecule has 0 aliphatic carbocycles. The molecule has 0 spiro atoms. The van der Waals surface area contributed by atoms with E-state index in [4.69, 9.17) is 0 Å². The fourth-order valence-corrected chi connectivity index (χ4v) is 6.40. The summed E-state index contributed by atoms with van der Waals surface area (Å²) >= 11 is -0.308. The summed E-state index contributed by atoms with van der Waals surface area (Å²) in [4.78, 5) is 0. The Kier molecular flexibility index (Phi) is 4.74. The molecule has 0 N–H and O–H groups in total. The molecule has 2 nitrogen and oxygen atoms in total. The van der Waals surface area contributed by atoms with Crippen LogP contribution in [-0.4, -0.2) is 20.0 Å². The number of hydrogen-bond donors (Lipinski definition) is 0. The van der Waals surface area contributed by atoms with E-state index in [1.165, 1.54) is 20.4 Å². The number of nitrogens with zero attached hydrogens (tertiary/aromatic N) is 2. The first-order valence-corrected chi connectivity index (χ1v) is 9.48. The van der Waals surface area contributed by atoms with Gasteiger partial charge >= 0.3 is 129 Å². The van der Waals surface area contributed by atoms with Gasteiger partial charge in [-0.25, -0.2) is 0 Å². The molecule has 2 radical (unpaired) electrons. The van der Waals surface area contributed by atoms with Crippen molar-refractivity contribution in [2.24, 2.45) is 0 Å². The van der Waals surface area contributed by atoms with Crippen molar-refractivity contribution >= 4 is 24.5 Å². The Morgan fingerprint density at radius 3 is 2.10 bits per heavy atom. The molecule has 0 bridgehead atoms. The number of imidazole rings is 1. The Morgan fingerprint density at radius 2 is 1.60 bits per heavy atom. The molecular weight excluding hydrogens is 305 g/mol. The first-order valence-electron chi connectivity index (χ1n) is 7.38. The second-order valence-electron chi connectivity index (χ2n) is 5.91. The zero-order valence-electron chi connectivity index (χ0n) is 13.4. The van der Waals surface area contributed by atoms with Crippen molar-refractivity contribution in [1.29, 1.82) is 0 Å². The Hall–Kier alpha value is -1.03. The quantitative estimate of drug-likeness (QED) is 0.600. The van der Waals surface area contributed by atoms with Gasteiger partial charge in [0.1, 0.15) is 0 Å². The van der Waals surface area contributed by atoms with Gasteiger partial charge in [0.15, 0.2) is 0 Å². The van der Waals surface area contributed by atoms with Gasteiger partial charge in [-0.2, -0.15) is 0 Å². The molecule has 0 fully saturated rings. The first-order chi connectivity index (χ1) is 9.43. The minimum atomic E-state index is -0.308. The number of aromatic nitrogens is 2. The van der Waals surface area contributed by atoms with Gasteiger partial charge in [-0.1, -0.05) is 0 Å². The minimum absolute atomic E-state index is 0.308. The van der Waals surface area contributed by atoms with Gasteiger partial charge in [-0.15, -0.1) is 0 Å². The fourth-order valence-electron chi connectivity index (χ4n) is 2.82. The van der Waals surface area contributed by atoms with E-state index in [1.807, 2.05) is 0 Å². The maximum absolute atomic E-state index is 2.54. The summed E-state index contributed by atoms with van der Waals surface area (Å²) in [6, 6.07) is 12.0. The van der Waals surface area contributed by atoms with E-state index in [2.05, 4.69) is 81.0 Å². The van der Waals surface area contributed by atoms with Gasteiger partial charge < -0.3 is 0 Å². The molecule has 20 heavy (non-hydrogen) atoms. The molecule has 1 aromatic heterocycles. The van der Waals surface area contributed by atoms with Gasteiger partial charge in [0.25, 0.3) is 0 Å². The molecule has 106 valence electrons. The summed E-state index contributed by atoms with van der Waals surface area (Å²) in [6.07, 6.45) is 0. The van der Waals surface area contributed by atoms with Crippen LogP contribution >= 0.6 is 0 Å². The molecule has 0 amide bonds. The van der Waals surface area contributed by atoms with E-state index in [9.17, 15) is 0 Å². The van der Waals surface area contributed by atoms with E-state index in [0.29, 0.717) is 12.1 Å². The van der Waals surface area contributed by atoms with Crippen LogP contribution < -0.4 is 13.6 Å². The molecule has 0 saturated heterocycles. The average Bonchev–Trinajstić information content (AvgIpc) is 2.62. The van der Waals surface area contributed by atoms with E-state index < -0.39 is 0 Å². The summed E-state index contributed by atoms with van der Waals surface area (Å²) in [5.41, 5.74) is 2.84. The second kappa shape index (κ2) is 6.17. The van der Waals surface area contributed by atoms with Gasteiger partial charge in [0, 0.05) is 0 Å². The van der Waals surface area contributed by atoms with Crippen LogP contribution in [0.4, 0.5) is 0 Å². The third-order valence-electron chi connectivity index (χ3n) is 3.77.